The molecule has 0 saturated heterocycles. The van der Waals surface area contributed by atoms with Crippen LogP contribution in [0.1, 0.15) is 4.88 Å². The van der Waals surface area contributed by atoms with E-state index in [0.29, 0.717) is 20.2 Å². The Hall–Kier alpha value is -2.63. The van der Waals surface area contributed by atoms with Crippen molar-refractivity contribution in [1.29, 1.82) is 0 Å². The fourth-order valence-corrected chi connectivity index (χ4v) is 4.38. The molecule has 11 heteroatoms. The number of hydrogen-bond donors (Lipinski definition) is 1. The Morgan fingerprint density at radius 2 is 2.04 bits per heavy atom. The van der Waals surface area contributed by atoms with E-state index in [1.54, 1.807) is 12.1 Å². The number of anilines is 1. The van der Waals surface area contributed by atoms with Gasteiger partial charge in [-0.15, -0.1) is 0 Å². The maximum atomic E-state index is 12.0. The van der Waals surface area contributed by atoms with Gasteiger partial charge in [0.15, 0.2) is 15.0 Å². The summed E-state index contributed by atoms with van der Waals surface area (Å²) >= 11 is 2.12. The van der Waals surface area contributed by atoms with Crippen molar-refractivity contribution < 1.29 is 18.1 Å². The van der Waals surface area contributed by atoms with Crippen LogP contribution in [0.25, 0.3) is 16.3 Å². The van der Waals surface area contributed by atoms with E-state index >= 15 is 0 Å². The maximum Gasteiger partial charge on any atom is 0.324 e. The minimum absolute atomic E-state index is 0.00193. The number of fused-ring (bicyclic) bond motifs is 1. The molecule has 0 bridgehead atoms. The molecule has 0 unspecified atom stereocenters. The van der Waals surface area contributed by atoms with Gasteiger partial charge in [-0.2, -0.15) is 0 Å². The first kappa shape index (κ1) is 18.2. The van der Waals surface area contributed by atoms with Gasteiger partial charge in [0.2, 0.25) is 5.91 Å². The van der Waals surface area contributed by atoms with Crippen LogP contribution in [0, 0.1) is 10.1 Å². The fraction of sp³-hybridized carbons (Fsp3) is 0.0667. The normalized spacial score (nSPS) is 11.9. The van der Waals surface area contributed by atoms with Gasteiger partial charge in [-0.25, -0.2) is 13.4 Å². The molecule has 1 aromatic carbocycles. The number of aromatic nitrogens is 1. The highest BCUT2D eigenvalue weighted by molar-refractivity contribution is 7.90. The summed E-state index contributed by atoms with van der Waals surface area (Å²) in [6.07, 6.45) is 3.85. The van der Waals surface area contributed by atoms with E-state index in [9.17, 15) is 23.3 Å². The first-order valence-electron chi connectivity index (χ1n) is 7.06. The van der Waals surface area contributed by atoms with Crippen LogP contribution in [0.4, 0.5) is 10.1 Å². The minimum atomic E-state index is -3.32. The Morgan fingerprint density at radius 3 is 2.69 bits per heavy atom. The highest BCUT2D eigenvalue weighted by Crippen LogP contribution is 2.28. The molecule has 3 aromatic rings. The fourth-order valence-electron chi connectivity index (χ4n) is 2.02. The van der Waals surface area contributed by atoms with Gasteiger partial charge in [-0.05, 0) is 30.3 Å². The smallest absolute Gasteiger partial charge is 0.298 e. The van der Waals surface area contributed by atoms with Crippen LogP contribution < -0.4 is 5.32 Å². The molecule has 0 radical (unpaired) electrons. The molecule has 1 amide bonds. The summed E-state index contributed by atoms with van der Waals surface area (Å²) in [5, 5.41) is 13.6. The SMILES string of the molecule is CS(=O)(=O)c1ccc2nc(NC(=O)C=Cc3ccc([N+](=O)[O-])s3)sc2c1. The first-order valence-corrected chi connectivity index (χ1v) is 10.6. The molecular formula is C15H11N3O5S3. The lowest BCUT2D eigenvalue weighted by molar-refractivity contribution is -0.380. The largest absolute Gasteiger partial charge is 0.324 e. The van der Waals surface area contributed by atoms with Crippen molar-refractivity contribution in [2.24, 2.45) is 0 Å². The van der Waals surface area contributed by atoms with Crippen LogP contribution in [-0.2, 0) is 14.6 Å². The molecular weight excluding hydrogens is 398 g/mol. The number of carbonyl (C=O) groups is 1. The highest BCUT2D eigenvalue weighted by atomic mass is 32.2. The number of benzene rings is 1. The number of hydrogen-bond acceptors (Lipinski definition) is 8. The zero-order valence-corrected chi connectivity index (χ0v) is 15.7. The molecule has 0 spiro atoms. The third kappa shape index (κ3) is 4.12. The molecule has 0 fully saturated rings. The summed E-state index contributed by atoms with van der Waals surface area (Å²) in [7, 11) is -3.32. The van der Waals surface area contributed by atoms with Crippen molar-refractivity contribution in [3.63, 3.8) is 0 Å². The Kier molecular flexibility index (Phi) is 4.85. The van der Waals surface area contributed by atoms with Crippen molar-refractivity contribution in [2.45, 2.75) is 4.90 Å². The van der Waals surface area contributed by atoms with E-state index in [-0.39, 0.29) is 9.90 Å². The van der Waals surface area contributed by atoms with Gasteiger partial charge >= 0.3 is 5.00 Å². The monoisotopic (exact) mass is 409 g/mol. The van der Waals surface area contributed by atoms with Crippen molar-refractivity contribution in [3.05, 3.63) is 51.4 Å². The van der Waals surface area contributed by atoms with Crippen LogP contribution in [0.3, 0.4) is 0 Å². The lowest BCUT2D eigenvalue weighted by Crippen LogP contribution is -2.06. The van der Waals surface area contributed by atoms with Gasteiger partial charge in [-0.3, -0.25) is 20.2 Å². The maximum absolute atomic E-state index is 12.0. The predicted molar refractivity (Wildman–Crippen MR) is 101 cm³/mol. The molecule has 134 valence electrons. The molecule has 8 nitrogen and oxygen atoms in total. The second-order valence-corrected chi connectivity index (χ2v) is 9.32. The van der Waals surface area contributed by atoms with Crippen molar-refractivity contribution in [2.75, 3.05) is 11.6 Å². The number of thiophene rings is 1. The molecule has 0 saturated carbocycles. The molecule has 1 N–H and O–H groups in total. The molecule has 3 rings (SSSR count). The lowest BCUT2D eigenvalue weighted by Gasteiger charge is -1.96. The molecule has 0 atom stereocenters. The van der Waals surface area contributed by atoms with E-state index in [4.69, 9.17) is 0 Å². The summed E-state index contributed by atoms with van der Waals surface area (Å²) in [6, 6.07) is 7.48. The zero-order valence-electron chi connectivity index (χ0n) is 13.2. The average Bonchev–Trinajstić information content (AvgIpc) is 3.17. The van der Waals surface area contributed by atoms with Gasteiger partial charge < -0.3 is 0 Å². The number of nitrogens with zero attached hydrogens (tertiary/aromatic N) is 2. The van der Waals surface area contributed by atoms with E-state index in [1.807, 2.05) is 0 Å². The summed E-state index contributed by atoms with van der Waals surface area (Å²) in [4.78, 5) is 27.1. The van der Waals surface area contributed by atoms with Crippen LogP contribution >= 0.6 is 22.7 Å². The van der Waals surface area contributed by atoms with Gasteiger partial charge in [0.1, 0.15) is 0 Å². The number of sulfone groups is 1. The van der Waals surface area contributed by atoms with E-state index in [0.717, 1.165) is 28.9 Å². The summed E-state index contributed by atoms with van der Waals surface area (Å²) in [5.74, 6) is -0.441. The van der Waals surface area contributed by atoms with Crippen LogP contribution in [0.2, 0.25) is 0 Å². The van der Waals surface area contributed by atoms with Crippen molar-refractivity contribution >= 4 is 64.8 Å². The van der Waals surface area contributed by atoms with Crippen LogP contribution in [0.15, 0.2) is 41.3 Å². The second-order valence-electron chi connectivity index (χ2n) is 5.18. The Balaban J connectivity index is 1.74. The minimum Gasteiger partial charge on any atom is -0.298 e. The standard InChI is InChI=1S/C15H11N3O5S3/c1-26(22,23)10-4-5-11-12(8-10)25-15(16-11)17-13(19)6-2-9-3-7-14(24-9)18(20)21/h2-8H,1H3,(H,16,17,19). The van der Waals surface area contributed by atoms with E-state index in [2.05, 4.69) is 10.3 Å². The van der Waals surface area contributed by atoms with E-state index < -0.39 is 20.7 Å². The van der Waals surface area contributed by atoms with Crippen LogP contribution in [-0.4, -0.2) is 30.5 Å². The number of nitrogens with one attached hydrogen (secondary N) is 1. The molecule has 26 heavy (non-hydrogen) atoms. The quantitative estimate of drug-likeness (QED) is 0.392. The third-order valence-electron chi connectivity index (χ3n) is 3.21. The molecule has 2 aromatic heterocycles. The average molecular weight is 409 g/mol. The first-order chi connectivity index (χ1) is 12.2. The van der Waals surface area contributed by atoms with Gasteiger partial charge in [0.05, 0.1) is 20.0 Å². The molecule has 0 aliphatic heterocycles. The Labute approximate surface area is 155 Å². The summed E-state index contributed by atoms with van der Waals surface area (Å²) in [6.45, 7) is 0. The highest BCUT2D eigenvalue weighted by Gasteiger charge is 2.12. The van der Waals surface area contributed by atoms with Gasteiger partial charge in [0, 0.05) is 23.3 Å². The predicted octanol–water partition coefficient (Wildman–Crippen LogP) is 3.32. The lowest BCUT2D eigenvalue weighted by atomic mass is 10.3. The summed E-state index contributed by atoms with van der Waals surface area (Å²) in [5.41, 5.74) is 0.579. The van der Waals surface area contributed by atoms with Crippen molar-refractivity contribution in [3.8, 4) is 0 Å². The third-order valence-corrected chi connectivity index (χ3v) is 6.26. The molecule has 0 aliphatic rings. The van der Waals surface area contributed by atoms with Gasteiger partial charge in [0.25, 0.3) is 0 Å². The van der Waals surface area contributed by atoms with Crippen LogP contribution in [0.5, 0.6) is 0 Å². The van der Waals surface area contributed by atoms with Gasteiger partial charge in [-0.1, -0.05) is 22.7 Å². The zero-order chi connectivity index (χ0) is 18.9. The number of rotatable bonds is 5. The van der Waals surface area contributed by atoms with Crippen molar-refractivity contribution in [1.82, 2.24) is 4.98 Å². The number of carbonyl (C=O) groups excluding carboxylic acids is 1. The Bertz CT molecular complexity index is 1140. The number of nitro groups is 1. The number of thiazole rings is 1. The Morgan fingerprint density at radius 1 is 1.27 bits per heavy atom. The van der Waals surface area contributed by atoms with E-state index in [1.165, 1.54) is 30.4 Å². The molecule has 0 aliphatic carbocycles. The molecule has 2 heterocycles. The second kappa shape index (κ2) is 6.94. The topological polar surface area (TPSA) is 119 Å². The summed E-state index contributed by atoms with van der Waals surface area (Å²) < 4.78 is 23.8. The number of amides is 1.